The molecule has 1 saturated heterocycles. The molecule has 0 radical (unpaired) electrons. The number of sulfonamides is 1. The number of carbonyl (C=O) groups is 2. The number of halogens is 2. The number of carbonyl (C=O) groups excluding carboxylic acids is 2. The van der Waals surface area contributed by atoms with Crippen molar-refractivity contribution in [2.75, 3.05) is 22.4 Å². The number of para-hydroxylation sites is 1. The third-order valence-electron chi connectivity index (χ3n) is 6.39. The van der Waals surface area contributed by atoms with Crippen LogP contribution < -0.4 is 9.62 Å². The highest BCUT2D eigenvalue weighted by molar-refractivity contribution is 7.92. The molecular formula is C28H28ClFN2O4S. The Labute approximate surface area is 221 Å². The average molecular weight is 543 g/mol. The molecule has 1 heterocycles. The normalized spacial score (nSPS) is 16.1. The van der Waals surface area contributed by atoms with Crippen LogP contribution in [0.15, 0.2) is 60.7 Å². The molecule has 1 aliphatic rings. The number of hydrogen-bond donors (Lipinski definition) is 1. The van der Waals surface area contributed by atoms with Gasteiger partial charge in [0, 0.05) is 30.9 Å². The van der Waals surface area contributed by atoms with Crippen molar-refractivity contribution in [3.63, 3.8) is 0 Å². The topological polar surface area (TPSA) is 83.6 Å². The van der Waals surface area contributed by atoms with Crippen molar-refractivity contribution in [3.05, 3.63) is 82.6 Å². The molecule has 9 heteroatoms. The van der Waals surface area contributed by atoms with Gasteiger partial charge >= 0.3 is 0 Å². The molecule has 0 spiro atoms. The number of nitrogens with one attached hydrogen (secondary N) is 1. The van der Waals surface area contributed by atoms with E-state index in [0.29, 0.717) is 52.5 Å². The molecule has 1 fully saturated rings. The molecule has 1 amide bonds. The first-order valence-electron chi connectivity index (χ1n) is 12.0. The molecule has 0 bridgehead atoms. The van der Waals surface area contributed by atoms with Crippen LogP contribution in [0.3, 0.4) is 0 Å². The zero-order chi connectivity index (χ0) is 26.7. The first kappa shape index (κ1) is 26.8. The fourth-order valence-electron chi connectivity index (χ4n) is 4.65. The highest BCUT2D eigenvalue weighted by atomic mass is 35.5. The summed E-state index contributed by atoms with van der Waals surface area (Å²) in [5, 5.41) is 0.341. The summed E-state index contributed by atoms with van der Waals surface area (Å²) in [5.41, 5.74) is 3.41. The molecule has 0 aliphatic carbocycles. The smallest absolute Gasteiger partial charge is 0.230 e. The minimum absolute atomic E-state index is 0.0445. The monoisotopic (exact) mass is 542 g/mol. The predicted molar refractivity (Wildman–Crippen MR) is 145 cm³/mol. The Morgan fingerprint density at radius 3 is 2.59 bits per heavy atom. The molecular weight excluding hydrogens is 515 g/mol. The van der Waals surface area contributed by atoms with Crippen molar-refractivity contribution >= 4 is 44.7 Å². The molecule has 1 atom stereocenters. The van der Waals surface area contributed by atoms with E-state index in [9.17, 15) is 22.4 Å². The van der Waals surface area contributed by atoms with Gasteiger partial charge < -0.3 is 4.90 Å². The van der Waals surface area contributed by atoms with Crippen molar-refractivity contribution in [2.24, 2.45) is 5.92 Å². The van der Waals surface area contributed by atoms with E-state index in [4.69, 9.17) is 11.6 Å². The highest BCUT2D eigenvalue weighted by Gasteiger charge is 2.32. The second kappa shape index (κ2) is 11.0. The number of ketones is 1. The lowest BCUT2D eigenvalue weighted by Gasteiger charge is -2.33. The maximum absolute atomic E-state index is 14.2. The maximum atomic E-state index is 14.2. The summed E-state index contributed by atoms with van der Waals surface area (Å²) < 4.78 is 40.2. The van der Waals surface area contributed by atoms with Crippen LogP contribution in [0, 0.1) is 18.7 Å². The van der Waals surface area contributed by atoms with Crippen molar-refractivity contribution in [1.82, 2.24) is 0 Å². The number of rotatable bonds is 8. The first-order chi connectivity index (χ1) is 17.5. The summed E-state index contributed by atoms with van der Waals surface area (Å²) >= 11 is 6.61. The fourth-order valence-corrected chi connectivity index (χ4v) is 5.51. The minimum atomic E-state index is -3.48. The Kier molecular flexibility index (Phi) is 7.99. The maximum Gasteiger partial charge on any atom is 0.230 e. The number of Topliss-reactive ketones (excluding diaryl/α,β-unsaturated/α-hetero) is 1. The van der Waals surface area contributed by atoms with Crippen molar-refractivity contribution in [3.8, 4) is 11.1 Å². The summed E-state index contributed by atoms with van der Waals surface area (Å²) in [6.45, 7) is 2.26. The van der Waals surface area contributed by atoms with E-state index in [1.165, 1.54) is 6.07 Å². The second-order valence-electron chi connectivity index (χ2n) is 9.43. The quantitative estimate of drug-likeness (QED) is 0.391. The molecule has 6 nitrogen and oxygen atoms in total. The molecule has 37 heavy (non-hydrogen) atoms. The van der Waals surface area contributed by atoms with Gasteiger partial charge in [0.15, 0.2) is 0 Å². The van der Waals surface area contributed by atoms with E-state index >= 15 is 0 Å². The lowest BCUT2D eigenvalue weighted by molar-refractivity contribution is -0.128. The summed E-state index contributed by atoms with van der Waals surface area (Å²) in [6, 6.07) is 17.0. The number of hydrogen-bond acceptors (Lipinski definition) is 4. The standard InChI is InChI=1S/C28H28ClFN2O4S/c1-18-9-10-20(25(30)14-18)15-22(33)16-21-6-5-13-32(28(21)34)27-12-11-19(17-24(27)29)23-7-3-4-8-26(23)31-37(2,35)36/h3-4,7-12,14,17,21,31H,5-6,13,15-16H2,1-2H3/t21-/m0/s1. The summed E-state index contributed by atoms with van der Waals surface area (Å²) in [7, 11) is -3.48. The highest BCUT2D eigenvalue weighted by Crippen LogP contribution is 2.37. The van der Waals surface area contributed by atoms with Gasteiger partial charge in [-0.05, 0) is 60.7 Å². The summed E-state index contributed by atoms with van der Waals surface area (Å²) in [5.74, 6) is -1.27. The van der Waals surface area contributed by atoms with Crippen LogP contribution in [0.4, 0.5) is 15.8 Å². The van der Waals surface area contributed by atoms with Crippen LogP contribution in [0.2, 0.25) is 5.02 Å². The first-order valence-corrected chi connectivity index (χ1v) is 14.2. The molecule has 1 aliphatic heterocycles. The number of anilines is 2. The van der Waals surface area contributed by atoms with Crippen LogP contribution in [-0.2, 0) is 26.0 Å². The van der Waals surface area contributed by atoms with Gasteiger partial charge in [0.2, 0.25) is 15.9 Å². The van der Waals surface area contributed by atoms with Crippen LogP contribution in [0.1, 0.15) is 30.4 Å². The number of aryl methyl sites for hydroxylation is 1. The summed E-state index contributed by atoms with van der Waals surface area (Å²) in [6.07, 6.45) is 2.37. The molecule has 194 valence electrons. The van der Waals surface area contributed by atoms with Gasteiger partial charge in [0.05, 0.1) is 22.7 Å². The van der Waals surface area contributed by atoms with Crippen molar-refractivity contribution in [2.45, 2.75) is 32.6 Å². The van der Waals surface area contributed by atoms with Crippen molar-refractivity contribution in [1.29, 1.82) is 0 Å². The second-order valence-corrected chi connectivity index (χ2v) is 11.6. The SMILES string of the molecule is Cc1ccc(CC(=O)C[C@@H]2CCCN(c3ccc(-c4ccccc4NS(C)(=O)=O)cc3Cl)C2=O)c(F)c1. The molecule has 0 saturated carbocycles. The number of benzene rings is 3. The largest absolute Gasteiger partial charge is 0.311 e. The predicted octanol–water partition coefficient (Wildman–Crippen LogP) is 5.77. The summed E-state index contributed by atoms with van der Waals surface area (Å²) in [4.78, 5) is 27.6. The Hall–Kier alpha value is -3.23. The zero-order valence-electron chi connectivity index (χ0n) is 20.6. The third kappa shape index (κ3) is 6.56. The molecule has 0 unspecified atom stereocenters. The van der Waals surface area contributed by atoms with Gasteiger partial charge in [-0.2, -0.15) is 0 Å². The molecule has 1 N–H and O–H groups in total. The van der Waals surface area contributed by atoms with E-state index < -0.39 is 21.8 Å². The Bertz CT molecular complexity index is 1460. The zero-order valence-corrected chi connectivity index (χ0v) is 22.2. The molecule has 3 aromatic carbocycles. The van der Waals surface area contributed by atoms with E-state index in [2.05, 4.69) is 4.72 Å². The van der Waals surface area contributed by atoms with Crippen LogP contribution in [-0.4, -0.2) is 32.9 Å². The number of nitrogens with zero attached hydrogens (tertiary/aromatic N) is 1. The van der Waals surface area contributed by atoms with E-state index in [1.54, 1.807) is 66.4 Å². The number of amides is 1. The molecule has 4 rings (SSSR count). The van der Waals surface area contributed by atoms with Gasteiger partial charge in [-0.15, -0.1) is 0 Å². The van der Waals surface area contributed by atoms with Gasteiger partial charge in [0.25, 0.3) is 0 Å². The van der Waals surface area contributed by atoms with E-state index in [-0.39, 0.29) is 24.5 Å². The van der Waals surface area contributed by atoms with E-state index in [0.717, 1.165) is 11.8 Å². The lowest BCUT2D eigenvalue weighted by atomic mass is 9.89. The molecule has 0 aromatic heterocycles. The van der Waals surface area contributed by atoms with Crippen LogP contribution in [0.5, 0.6) is 0 Å². The van der Waals surface area contributed by atoms with Gasteiger partial charge in [-0.1, -0.05) is 48.0 Å². The number of piperidine rings is 1. The fraction of sp³-hybridized carbons (Fsp3) is 0.286. The van der Waals surface area contributed by atoms with Gasteiger partial charge in [-0.3, -0.25) is 14.3 Å². The third-order valence-corrected chi connectivity index (χ3v) is 7.29. The van der Waals surface area contributed by atoms with Crippen LogP contribution in [0.25, 0.3) is 11.1 Å². The van der Waals surface area contributed by atoms with Gasteiger partial charge in [-0.25, -0.2) is 12.8 Å². The van der Waals surface area contributed by atoms with Crippen molar-refractivity contribution < 1.29 is 22.4 Å². The Morgan fingerprint density at radius 1 is 1.14 bits per heavy atom. The Balaban J connectivity index is 1.51. The van der Waals surface area contributed by atoms with E-state index in [1.807, 2.05) is 0 Å². The average Bonchev–Trinajstić information content (AvgIpc) is 2.82. The minimum Gasteiger partial charge on any atom is -0.311 e. The Morgan fingerprint density at radius 2 is 1.89 bits per heavy atom. The van der Waals surface area contributed by atoms with Crippen LogP contribution >= 0.6 is 11.6 Å². The lowest BCUT2D eigenvalue weighted by Crippen LogP contribution is -2.42. The molecule has 3 aromatic rings. The van der Waals surface area contributed by atoms with Gasteiger partial charge in [0.1, 0.15) is 11.6 Å².